The number of ether oxygens (including phenoxy) is 1. The minimum Gasteiger partial charge on any atom is -0.490 e. The Labute approximate surface area is 197 Å². The molecule has 182 valence electrons. The van der Waals surface area contributed by atoms with Gasteiger partial charge >= 0.3 is 0 Å². The van der Waals surface area contributed by atoms with E-state index in [4.69, 9.17) is 14.4 Å². The highest BCUT2D eigenvalue weighted by atomic mass is 16.5. The molecule has 0 aliphatic rings. The van der Waals surface area contributed by atoms with Crippen LogP contribution in [0.2, 0.25) is 0 Å². The predicted molar refractivity (Wildman–Crippen MR) is 125 cm³/mol. The number of amides is 1. The van der Waals surface area contributed by atoms with Gasteiger partial charge in [-0.2, -0.15) is 4.98 Å². The fourth-order valence-corrected chi connectivity index (χ4v) is 3.28. The second-order valence-corrected chi connectivity index (χ2v) is 8.31. The van der Waals surface area contributed by atoms with Crippen molar-refractivity contribution in [2.24, 2.45) is 0 Å². The van der Waals surface area contributed by atoms with Crippen LogP contribution < -0.4 is 15.4 Å². The zero-order chi connectivity index (χ0) is 24.8. The molecular formula is C23H30N6O5. The van der Waals surface area contributed by atoms with Crippen LogP contribution >= 0.6 is 0 Å². The van der Waals surface area contributed by atoms with E-state index in [0.717, 1.165) is 22.4 Å². The number of aryl methyl sites for hydroxylation is 3. The van der Waals surface area contributed by atoms with E-state index in [9.17, 15) is 9.90 Å². The van der Waals surface area contributed by atoms with Crippen LogP contribution in [0.15, 0.2) is 22.7 Å². The van der Waals surface area contributed by atoms with Gasteiger partial charge in [-0.05, 0) is 63.9 Å². The highest BCUT2D eigenvalue weighted by molar-refractivity contribution is 5.76. The Morgan fingerprint density at radius 3 is 2.47 bits per heavy atom. The molecule has 1 atom stereocenters. The topological polar surface area (TPSA) is 156 Å². The number of nitrogens with one attached hydrogen (secondary N) is 2. The average molecular weight is 471 g/mol. The number of nitrogens with zero attached hydrogens (tertiary/aromatic N) is 4. The number of aromatic nitrogens is 4. The van der Waals surface area contributed by atoms with Crippen molar-refractivity contribution >= 4 is 11.9 Å². The number of aliphatic hydroxyl groups excluding tert-OH is 2. The summed E-state index contributed by atoms with van der Waals surface area (Å²) in [6, 6.07) is 5.70. The molecule has 1 amide bonds. The molecule has 0 radical (unpaired) electrons. The molecule has 11 heteroatoms. The number of benzene rings is 1. The summed E-state index contributed by atoms with van der Waals surface area (Å²) in [5, 5.41) is 28.4. The Hall–Kier alpha value is -3.57. The van der Waals surface area contributed by atoms with Gasteiger partial charge in [0.25, 0.3) is 5.89 Å². The van der Waals surface area contributed by atoms with E-state index < -0.39 is 18.6 Å². The van der Waals surface area contributed by atoms with Gasteiger partial charge in [0.1, 0.15) is 30.8 Å². The van der Waals surface area contributed by atoms with Gasteiger partial charge in [0.05, 0.1) is 0 Å². The molecule has 0 saturated carbocycles. The van der Waals surface area contributed by atoms with Gasteiger partial charge in [0.15, 0.2) is 0 Å². The Morgan fingerprint density at radius 1 is 1.12 bits per heavy atom. The fourth-order valence-electron chi connectivity index (χ4n) is 3.28. The van der Waals surface area contributed by atoms with Crippen molar-refractivity contribution in [2.45, 2.75) is 46.8 Å². The number of aliphatic hydroxyl groups is 2. The maximum Gasteiger partial charge on any atom is 0.277 e. The molecule has 0 aliphatic heterocycles. The van der Waals surface area contributed by atoms with Gasteiger partial charge in [-0.1, -0.05) is 5.16 Å². The summed E-state index contributed by atoms with van der Waals surface area (Å²) >= 11 is 0. The van der Waals surface area contributed by atoms with Crippen LogP contribution in [0.1, 0.15) is 30.7 Å². The third kappa shape index (κ3) is 6.49. The number of hydrogen-bond acceptors (Lipinski definition) is 10. The van der Waals surface area contributed by atoms with Crippen LogP contribution in [0.25, 0.3) is 23.0 Å². The fraction of sp³-hybridized carbons (Fsp3) is 0.435. The van der Waals surface area contributed by atoms with Crippen LogP contribution in [0, 0.1) is 20.8 Å². The van der Waals surface area contributed by atoms with Crippen molar-refractivity contribution in [1.82, 2.24) is 25.4 Å². The van der Waals surface area contributed by atoms with E-state index in [-0.39, 0.29) is 25.1 Å². The SMILES string of the molecule is Cc1cc(-c2nc(-c3cc(C)c(OC[C@@H](O)CNC(=O)CO)c(C)c3)no2)nc(NC(C)C)n1. The van der Waals surface area contributed by atoms with Crippen molar-refractivity contribution in [3.05, 3.63) is 35.0 Å². The van der Waals surface area contributed by atoms with E-state index in [1.54, 1.807) is 6.07 Å². The number of hydrogen-bond donors (Lipinski definition) is 4. The maximum absolute atomic E-state index is 11.1. The van der Waals surface area contributed by atoms with Crippen LogP contribution in [0.3, 0.4) is 0 Å². The monoisotopic (exact) mass is 470 g/mol. The molecule has 3 aromatic rings. The Bertz CT molecular complexity index is 1120. The highest BCUT2D eigenvalue weighted by Crippen LogP contribution is 2.30. The lowest BCUT2D eigenvalue weighted by Crippen LogP contribution is -2.36. The van der Waals surface area contributed by atoms with Crippen LogP contribution in [0.4, 0.5) is 5.95 Å². The van der Waals surface area contributed by atoms with Crippen molar-refractivity contribution in [3.63, 3.8) is 0 Å². The van der Waals surface area contributed by atoms with Crippen LogP contribution in [0.5, 0.6) is 5.75 Å². The molecule has 0 aliphatic carbocycles. The smallest absolute Gasteiger partial charge is 0.277 e. The van der Waals surface area contributed by atoms with Gasteiger partial charge in [-0.3, -0.25) is 4.79 Å². The average Bonchev–Trinajstić information content (AvgIpc) is 3.26. The van der Waals surface area contributed by atoms with Gasteiger partial charge < -0.3 is 30.1 Å². The second kappa shape index (κ2) is 11.0. The summed E-state index contributed by atoms with van der Waals surface area (Å²) in [5.74, 6) is 1.26. The van der Waals surface area contributed by atoms with Crippen molar-refractivity contribution in [3.8, 4) is 28.7 Å². The Balaban J connectivity index is 1.75. The molecule has 34 heavy (non-hydrogen) atoms. The van der Waals surface area contributed by atoms with E-state index in [1.165, 1.54) is 0 Å². The lowest BCUT2D eigenvalue weighted by molar-refractivity contribution is -0.124. The minimum atomic E-state index is -0.917. The van der Waals surface area contributed by atoms with Gasteiger partial charge in [-0.25, -0.2) is 9.97 Å². The van der Waals surface area contributed by atoms with Gasteiger partial charge in [-0.15, -0.1) is 0 Å². The van der Waals surface area contributed by atoms with Crippen molar-refractivity contribution in [1.29, 1.82) is 0 Å². The quantitative estimate of drug-likeness (QED) is 0.344. The molecule has 0 spiro atoms. The summed E-state index contributed by atoms with van der Waals surface area (Å²) in [5.41, 5.74) is 3.71. The lowest BCUT2D eigenvalue weighted by atomic mass is 10.1. The van der Waals surface area contributed by atoms with E-state index >= 15 is 0 Å². The number of carbonyl (C=O) groups is 1. The lowest BCUT2D eigenvalue weighted by Gasteiger charge is -2.16. The van der Waals surface area contributed by atoms with Gasteiger partial charge in [0.2, 0.25) is 17.7 Å². The molecule has 0 fully saturated rings. The third-order valence-electron chi connectivity index (χ3n) is 4.73. The molecule has 2 aromatic heterocycles. The molecule has 1 aromatic carbocycles. The predicted octanol–water partition coefficient (Wildman–Crippen LogP) is 1.79. The first-order chi connectivity index (χ1) is 16.2. The Kier molecular flexibility index (Phi) is 8.13. The third-order valence-corrected chi connectivity index (χ3v) is 4.73. The normalized spacial score (nSPS) is 12.0. The summed E-state index contributed by atoms with van der Waals surface area (Å²) in [6.45, 7) is 8.98. The van der Waals surface area contributed by atoms with Crippen molar-refractivity contribution in [2.75, 3.05) is 25.1 Å². The second-order valence-electron chi connectivity index (χ2n) is 8.31. The van der Waals surface area contributed by atoms with E-state index in [0.29, 0.717) is 23.2 Å². The first-order valence-corrected chi connectivity index (χ1v) is 10.9. The molecule has 0 unspecified atom stereocenters. The summed E-state index contributed by atoms with van der Waals surface area (Å²) in [6.07, 6.45) is -0.917. The molecule has 4 N–H and O–H groups in total. The number of anilines is 1. The van der Waals surface area contributed by atoms with E-state index in [1.807, 2.05) is 46.8 Å². The summed E-state index contributed by atoms with van der Waals surface area (Å²) in [7, 11) is 0. The van der Waals surface area contributed by atoms with E-state index in [2.05, 4.69) is 30.7 Å². The minimum absolute atomic E-state index is 0.0150. The number of carbonyl (C=O) groups excluding carboxylic acids is 1. The van der Waals surface area contributed by atoms with Crippen LogP contribution in [-0.2, 0) is 4.79 Å². The summed E-state index contributed by atoms with van der Waals surface area (Å²) in [4.78, 5) is 24.5. The Morgan fingerprint density at radius 2 is 1.82 bits per heavy atom. The highest BCUT2D eigenvalue weighted by Gasteiger charge is 2.17. The molecule has 2 heterocycles. The van der Waals surface area contributed by atoms with Crippen molar-refractivity contribution < 1.29 is 24.3 Å². The molecule has 3 rings (SSSR count). The maximum atomic E-state index is 11.1. The molecular weight excluding hydrogens is 440 g/mol. The first kappa shape index (κ1) is 25.1. The first-order valence-electron chi connectivity index (χ1n) is 10.9. The van der Waals surface area contributed by atoms with Crippen LogP contribution in [-0.4, -0.2) is 68.1 Å². The zero-order valence-electron chi connectivity index (χ0n) is 19.9. The molecule has 0 saturated heterocycles. The van der Waals surface area contributed by atoms with Gasteiger partial charge in [0, 0.05) is 23.8 Å². The molecule has 11 nitrogen and oxygen atoms in total. The molecule has 0 bridgehead atoms. The zero-order valence-corrected chi connectivity index (χ0v) is 19.9. The summed E-state index contributed by atoms with van der Waals surface area (Å²) < 4.78 is 11.2. The largest absolute Gasteiger partial charge is 0.490 e. The number of rotatable bonds is 10. The standard InChI is InChI=1S/C23H30N6O5/c1-12(2)25-23-26-15(5)8-18(27-23)22-28-21(29-34-22)16-6-13(3)20(14(4)7-16)33-11-17(31)9-24-19(32)10-30/h6-8,12,17,30-31H,9-11H2,1-5H3,(H,24,32)(H,25,26,27)/t17-/m0/s1.